The summed E-state index contributed by atoms with van der Waals surface area (Å²) in [7, 11) is 0. The molecule has 0 aromatic carbocycles. The molecule has 1 fully saturated rings. The van der Waals surface area contributed by atoms with E-state index in [2.05, 4.69) is 0 Å². The third-order valence-electron chi connectivity index (χ3n) is 5.76. The van der Waals surface area contributed by atoms with E-state index in [1.165, 1.54) is 0 Å². The van der Waals surface area contributed by atoms with Gasteiger partial charge in [0.1, 0.15) is 28.9 Å². The number of carbonyl (C=O) groups excluding carboxylic acids is 5. The molecule has 0 aliphatic heterocycles. The second-order valence-electron chi connectivity index (χ2n) is 8.26. The summed E-state index contributed by atoms with van der Waals surface area (Å²) in [6.45, 7) is 0. The number of allylic oxidation sites excluding steroid dienone is 2. The van der Waals surface area contributed by atoms with Crippen molar-refractivity contribution < 1.29 is 24.0 Å². The molecule has 2 bridgehead atoms. The highest BCUT2D eigenvalue weighted by molar-refractivity contribution is 5.93. The molecule has 154 valence electrons. The van der Waals surface area contributed by atoms with Gasteiger partial charge in [-0.25, -0.2) is 0 Å². The molecule has 5 nitrogen and oxygen atoms in total. The van der Waals surface area contributed by atoms with Gasteiger partial charge in [0, 0.05) is 63.7 Å². The van der Waals surface area contributed by atoms with E-state index in [0.29, 0.717) is 6.42 Å². The number of hydrogen-bond donors (Lipinski definition) is 0. The highest BCUT2D eigenvalue weighted by Crippen LogP contribution is 2.23. The third kappa shape index (κ3) is 8.41. The zero-order chi connectivity index (χ0) is 20.4. The molecule has 28 heavy (non-hydrogen) atoms. The smallest absolute Gasteiger partial charge is 0.136 e. The van der Waals surface area contributed by atoms with Crippen molar-refractivity contribution in [2.24, 2.45) is 11.8 Å². The monoisotopic (exact) mass is 388 g/mol. The molecule has 1 saturated carbocycles. The number of carbonyl (C=O) groups is 5. The van der Waals surface area contributed by atoms with Crippen LogP contribution in [0.4, 0.5) is 0 Å². The first-order chi connectivity index (χ1) is 13.4. The SMILES string of the molecule is O=C1CCC(=O)CC2C=CCCCCCC(CC(=O)CCC(=O)C2)C(=O)CC1. The molecular formula is C23H32O5. The maximum Gasteiger partial charge on any atom is 0.136 e. The first kappa shape index (κ1) is 22.4. The average molecular weight is 389 g/mol. The minimum Gasteiger partial charge on any atom is -0.300 e. The molecule has 2 atom stereocenters. The van der Waals surface area contributed by atoms with Crippen molar-refractivity contribution in [1.29, 1.82) is 0 Å². The maximum atomic E-state index is 12.6. The molecule has 0 spiro atoms. The van der Waals surface area contributed by atoms with Crippen molar-refractivity contribution in [3.05, 3.63) is 12.2 Å². The van der Waals surface area contributed by atoms with Crippen molar-refractivity contribution >= 4 is 28.9 Å². The Kier molecular flexibility index (Phi) is 9.45. The molecule has 0 heterocycles. The fraction of sp³-hybridized carbons (Fsp3) is 0.696. The van der Waals surface area contributed by atoms with Crippen molar-refractivity contribution in [2.45, 2.75) is 89.9 Å². The van der Waals surface area contributed by atoms with E-state index in [-0.39, 0.29) is 98.5 Å². The van der Waals surface area contributed by atoms with E-state index < -0.39 is 0 Å². The van der Waals surface area contributed by atoms with Crippen LogP contribution >= 0.6 is 0 Å². The van der Waals surface area contributed by atoms with Crippen molar-refractivity contribution in [2.75, 3.05) is 0 Å². The van der Waals surface area contributed by atoms with Crippen LogP contribution in [0.5, 0.6) is 0 Å². The molecule has 2 aliphatic rings. The van der Waals surface area contributed by atoms with E-state index in [4.69, 9.17) is 0 Å². The Morgan fingerprint density at radius 1 is 0.607 bits per heavy atom. The summed E-state index contributed by atoms with van der Waals surface area (Å²) >= 11 is 0. The summed E-state index contributed by atoms with van der Waals surface area (Å²) in [6, 6.07) is 0. The van der Waals surface area contributed by atoms with E-state index in [0.717, 1.165) is 25.7 Å². The number of rotatable bonds is 0. The Bertz CT molecular complexity index is 631. The number of ketones is 5. The van der Waals surface area contributed by atoms with Crippen LogP contribution in [0.2, 0.25) is 0 Å². The molecule has 2 rings (SSSR count). The van der Waals surface area contributed by atoms with Crippen LogP contribution in [-0.2, 0) is 24.0 Å². The summed E-state index contributed by atoms with van der Waals surface area (Å²) in [5.41, 5.74) is 0. The van der Waals surface area contributed by atoms with Gasteiger partial charge in [0.25, 0.3) is 0 Å². The van der Waals surface area contributed by atoms with Crippen LogP contribution in [0.3, 0.4) is 0 Å². The summed E-state index contributed by atoms with van der Waals surface area (Å²) in [5.74, 6) is -0.703. The Hall–Kier alpha value is -1.91. The molecule has 0 aromatic rings. The van der Waals surface area contributed by atoms with Gasteiger partial charge in [-0.05, 0) is 25.2 Å². The van der Waals surface area contributed by atoms with Gasteiger partial charge >= 0.3 is 0 Å². The van der Waals surface area contributed by atoms with Crippen molar-refractivity contribution in [1.82, 2.24) is 0 Å². The van der Waals surface area contributed by atoms with E-state index in [9.17, 15) is 24.0 Å². The number of Topliss-reactive ketones (excluding diaryl/α,β-unsaturated/α-hetero) is 5. The van der Waals surface area contributed by atoms with Gasteiger partial charge in [-0.1, -0.05) is 25.0 Å². The first-order valence-electron chi connectivity index (χ1n) is 10.7. The Labute approximate surface area is 167 Å². The van der Waals surface area contributed by atoms with Crippen LogP contribution in [0.25, 0.3) is 0 Å². The molecule has 5 heteroatoms. The molecular weight excluding hydrogens is 356 g/mol. The van der Waals surface area contributed by atoms with Crippen LogP contribution in [-0.4, -0.2) is 28.9 Å². The standard InChI is InChI=1S/C23H32O5/c24-19-8-9-20(25)14-17-6-4-2-1-3-5-7-18(23(28)13-12-19)16-22(27)11-10-21(26)15-17/h4,6,17-18H,1-3,5,7-16H2. The molecule has 0 aromatic heterocycles. The van der Waals surface area contributed by atoms with Gasteiger partial charge < -0.3 is 0 Å². The second kappa shape index (κ2) is 11.8. The lowest BCUT2D eigenvalue weighted by atomic mass is 9.87. The van der Waals surface area contributed by atoms with Gasteiger partial charge in [0.15, 0.2) is 0 Å². The predicted octanol–water partition coefficient (Wildman–Crippen LogP) is 4.11. The molecule has 0 radical (unpaired) electrons. The lowest BCUT2D eigenvalue weighted by molar-refractivity contribution is -0.130. The summed E-state index contributed by atoms with van der Waals surface area (Å²) in [4.78, 5) is 61.7. The zero-order valence-electron chi connectivity index (χ0n) is 16.8. The third-order valence-corrected chi connectivity index (χ3v) is 5.76. The summed E-state index contributed by atoms with van der Waals surface area (Å²) in [6.07, 6.45) is 10.0. The summed E-state index contributed by atoms with van der Waals surface area (Å²) < 4.78 is 0. The predicted molar refractivity (Wildman–Crippen MR) is 106 cm³/mol. The van der Waals surface area contributed by atoms with Crippen LogP contribution in [0.15, 0.2) is 12.2 Å². The lowest BCUT2D eigenvalue weighted by Crippen LogP contribution is -2.21. The quantitative estimate of drug-likeness (QED) is 0.583. The fourth-order valence-corrected chi connectivity index (χ4v) is 4.02. The fourth-order valence-electron chi connectivity index (χ4n) is 4.02. The van der Waals surface area contributed by atoms with E-state index in [1.54, 1.807) is 0 Å². The molecule has 2 aliphatic carbocycles. The molecule has 0 saturated heterocycles. The minimum absolute atomic E-state index is 0.0169. The summed E-state index contributed by atoms with van der Waals surface area (Å²) in [5, 5.41) is 0. The Morgan fingerprint density at radius 2 is 1.18 bits per heavy atom. The second-order valence-corrected chi connectivity index (χ2v) is 8.26. The molecule has 2 unspecified atom stereocenters. The average Bonchev–Trinajstić information content (AvgIpc) is 2.66. The highest BCUT2D eigenvalue weighted by Gasteiger charge is 2.24. The highest BCUT2D eigenvalue weighted by atomic mass is 16.1. The topological polar surface area (TPSA) is 85.3 Å². The van der Waals surface area contributed by atoms with E-state index >= 15 is 0 Å². The van der Waals surface area contributed by atoms with Crippen molar-refractivity contribution in [3.63, 3.8) is 0 Å². The van der Waals surface area contributed by atoms with Gasteiger partial charge in [-0.2, -0.15) is 0 Å². The van der Waals surface area contributed by atoms with Gasteiger partial charge in [0.2, 0.25) is 0 Å². The first-order valence-corrected chi connectivity index (χ1v) is 10.7. The number of fused-ring (bicyclic) bond motifs is 7. The van der Waals surface area contributed by atoms with Gasteiger partial charge in [0.05, 0.1) is 0 Å². The van der Waals surface area contributed by atoms with Crippen LogP contribution in [0.1, 0.15) is 89.9 Å². The largest absolute Gasteiger partial charge is 0.300 e. The van der Waals surface area contributed by atoms with E-state index in [1.807, 2.05) is 12.2 Å². The van der Waals surface area contributed by atoms with Gasteiger partial charge in [-0.15, -0.1) is 0 Å². The molecule has 0 amide bonds. The minimum atomic E-state index is -0.349. The Balaban J connectivity index is 2.23. The van der Waals surface area contributed by atoms with Crippen molar-refractivity contribution in [3.8, 4) is 0 Å². The van der Waals surface area contributed by atoms with Crippen LogP contribution < -0.4 is 0 Å². The number of hydrogen-bond acceptors (Lipinski definition) is 5. The van der Waals surface area contributed by atoms with Crippen LogP contribution in [0, 0.1) is 11.8 Å². The normalized spacial score (nSPS) is 27.6. The maximum absolute atomic E-state index is 12.6. The molecule has 0 N–H and O–H groups in total. The zero-order valence-corrected chi connectivity index (χ0v) is 16.8. The van der Waals surface area contributed by atoms with Gasteiger partial charge in [-0.3, -0.25) is 24.0 Å². The Morgan fingerprint density at radius 3 is 1.86 bits per heavy atom. The lowest BCUT2D eigenvalue weighted by Gasteiger charge is -2.16.